The van der Waals surface area contributed by atoms with Gasteiger partial charge in [0.25, 0.3) is 0 Å². The lowest BCUT2D eigenvalue weighted by Crippen LogP contribution is -2.31. The lowest BCUT2D eigenvalue weighted by molar-refractivity contribution is -0.617. The molecule has 0 saturated carbocycles. The Kier molecular flexibility index (Phi) is 4.23. The van der Waals surface area contributed by atoms with Crippen molar-refractivity contribution < 1.29 is 4.57 Å². The van der Waals surface area contributed by atoms with Crippen molar-refractivity contribution in [1.29, 1.82) is 0 Å². The van der Waals surface area contributed by atoms with Crippen LogP contribution in [0.1, 0.15) is 0 Å². The first kappa shape index (κ1) is 17.3. The fraction of sp³-hybridized carbons (Fsp3) is 0.208. The monoisotopic (exact) mass is 356 g/mol. The minimum absolute atomic E-state index is 1.21. The summed E-state index contributed by atoms with van der Waals surface area (Å²) in [7, 11) is 10.5. The molecule has 0 spiro atoms. The lowest BCUT2D eigenvalue weighted by Gasteiger charge is -2.17. The van der Waals surface area contributed by atoms with E-state index in [2.05, 4.69) is 116 Å². The Morgan fingerprint density at radius 3 is 1.56 bits per heavy atom. The van der Waals surface area contributed by atoms with E-state index in [4.69, 9.17) is 0 Å². The van der Waals surface area contributed by atoms with Crippen LogP contribution in [0, 0.1) is 0 Å². The Hall–Kier alpha value is -3.07. The van der Waals surface area contributed by atoms with Crippen LogP contribution in [0.15, 0.2) is 66.7 Å². The van der Waals surface area contributed by atoms with E-state index < -0.39 is 0 Å². The molecule has 4 rings (SSSR count). The normalized spacial score (nSPS) is 11.1. The Morgan fingerprint density at radius 1 is 0.630 bits per heavy atom. The Morgan fingerprint density at radius 2 is 1.11 bits per heavy atom. The van der Waals surface area contributed by atoms with Crippen molar-refractivity contribution in [2.24, 2.45) is 7.05 Å². The van der Waals surface area contributed by atoms with Gasteiger partial charge in [0.2, 0.25) is 11.0 Å². The maximum absolute atomic E-state index is 2.32. The number of rotatable bonds is 3. The van der Waals surface area contributed by atoms with Gasteiger partial charge in [-0.25, -0.2) is 0 Å². The van der Waals surface area contributed by atoms with Crippen molar-refractivity contribution >= 4 is 33.2 Å². The van der Waals surface area contributed by atoms with E-state index in [9.17, 15) is 0 Å². The second-order valence-electron chi connectivity index (χ2n) is 7.49. The van der Waals surface area contributed by atoms with Crippen molar-refractivity contribution in [3.8, 4) is 11.1 Å². The zero-order chi connectivity index (χ0) is 19.1. The molecule has 3 nitrogen and oxygen atoms in total. The minimum atomic E-state index is 1.21. The molecule has 0 N–H and O–H groups in total. The van der Waals surface area contributed by atoms with E-state index in [0.29, 0.717) is 0 Å². The highest BCUT2D eigenvalue weighted by atomic mass is 15.1. The molecule has 0 saturated heterocycles. The first-order chi connectivity index (χ1) is 13.0. The summed E-state index contributed by atoms with van der Waals surface area (Å²) in [6.07, 6.45) is 0. The molecule has 3 aromatic carbocycles. The van der Waals surface area contributed by atoms with Gasteiger partial charge >= 0.3 is 0 Å². The van der Waals surface area contributed by atoms with E-state index in [0.717, 1.165) is 0 Å². The average Bonchev–Trinajstić information content (AvgIpc) is 2.68. The summed E-state index contributed by atoms with van der Waals surface area (Å²) in [5.41, 5.74) is 7.45. The summed E-state index contributed by atoms with van der Waals surface area (Å²) in [6, 6.07) is 24.2. The molecule has 0 unspecified atom stereocenters. The summed E-state index contributed by atoms with van der Waals surface area (Å²) in [5.74, 6) is 0. The molecule has 0 atom stereocenters. The highest BCUT2D eigenvalue weighted by Crippen LogP contribution is 2.36. The molecule has 0 radical (unpaired) electrons. The smallest absolute Gasteiger partial charge is 0.215 e. The summed E-state index contributed by atoms with van der Waals surface area (Å²) < 4.78 is 2.32. The van der Waals surface area contributed by atoms with E-state index >= 15 is 0 Å². The summed E-state index contributed by atoms with van der Waals surface area (Å²) in [6.45, 7) is 0. The van der Waals surface area contributed by atoms with Gasteiger partial charge in [-0.15, -0.1) is 0 Å². The number of aryl methyl sites for hydroxylation is 1. The molecular formula is C24H26N3+. The summed E-state index contributed by atoms with van der Waals surface area (Å²) >= 11 is 0. The fourth-order valence-corrected chi connectivity index (χ4v) is 3.76. The predicted octanol–water partition coefficient (Wildman–Crippen LogP) is 4.62. The number of fused-ring (bicyclic) bond motifs is 2. The Balaban J connectivity index is 2.18. The third-order valence-corrected chi connectivity index (χ3v) is 5.32. The van der Waals surface area contributed by atoms with Crippen LogP contribution in [0.25, 0.3) is 32.9 Å². The van der Waals surface area contributed by atoms with Gasteiger partial charge in [0, 0.05) is 57.3 Å². The maximum Gasteiger partial charge on any atom is 0.215 e. The molecule has 1 aromatic heterocycles. The lowest BCUT2D eigenvalue weighted by atomic mass is 9.95. The zero-order valence-electron chi connectivity index (χ0n) is 16.7. The van der Waals surface area contributed by atoms with Gasteiger partial charge in [0.1, 0.15) is 7.05 Å². The first-order valence-electron chi connectivity index (χ1n) is 9.27. The minimum Gasteiger partial charge on any atom is -0.377 e. The molecule has 0 aliphatic carbocycles. The fourth-order valence-electron chi connectivity index (χ4n) is 3.76. The molecule has 0 aliphatic heterocycles. The molecule has 1 heterocycles. The number of benzene rings is 3. The van der Waals surface area contributed by atoms with Gasteiger partial charge in [-0.2, -0.15) is 4.57 Å². The third-order valence-electron chi connectivity index (χ3n) is 5.32. The highest BCUT2D eigenvalue weighted by molar-refractivity contribution is 6.08. The molecule has 27 heavy (non-hydrogen) atoms. The summed E-state index contributed by atoms with van der Waals surface area (Å²) in [5, 5.41) is 2.55. The second kappa shape index (κ2) is 6.58. The van der Waals surface area contributed by atoms with Crippen LogP contribution in [0.3, 0.4) is 0 Å². The van der Waals surface area contributed by atoms with Crippen LogP contribution in [-0.4, -0.2) is 28.2 Å². The van der Waals surface area contributed by atoms with Gasteiger partial charge in [-0.05, 0) is 29.8 Å². The molecule has 3 heteroatoms. The van der Waals surface area contributed by atoms with Gasteiger partial charge < -0.3 is 9.80 Å². The summed E-state index contributed by atoms with van der Waals surface area (Å²) in [4.78, 5) is 4.31. The van der Waals surface area contributed by atoms with Crippen LogP contribution in [-0.2, 0) is 7.05 Å². The predicted molar refractivity (Wildman–Crippen MR) is 117 cm³/mol. The van der Waals surface area contributed by atoms with Crippen molar-refractivity contribution in [2.45, 2.75) is 0 Å². The average molecular weight is 356 g/mol. The van der Waals surface area contributed by atoms with E-state index in [-0.39, 0.29) is 0 Å². The van der Waals surface area contributed by atoms with Crippen molar-refractivity contribution in [1.82, 2.24) is 0 Å². The van der Waals surface area contributed by atoms with Gasteiger partial charge in [0.05, 0.1) is 10.8 Å². The standard InChI is InChI=1S/C24H26N3/c1-25(2)18-11-13-20-22(15-18)27(5)23-16-19(26(3)4)12-14-21(23)24(20)17-9-7-6-8-10-17/h6-16H,1-5H3/q+1. The highest BCUT2D eigenvalue weighted by Gasteiger charge is 2.20. The quantitative estimate of drug-likeness (QED) is 0.392. The van der Waals surface area contributed by atoms with Crippen LogP contribution in [0.5, 0.6) is 0 Å². The number of aromatic nitrogens is 1. The second-order valence-corrected chi connectivity index (χ2v) is 7.49. The molecule has 0 amide bonds. The van der Waals surface area contributed by atoms with Gasteiger partial charge in [-0.1, -0.05) is 30.3 Å². The van der Waals surface area contributed by atoms with Crippen LogP contribution >= 0.6 is 0 Å². The SMILES string of the molecule is CN(C)c1ccc2c(-c3ccccc3)c3ccc(N(C)C)cc3[n+](C)c2c1. The zero-order valence-corrected chi connectivity index (χ0v) is 16.7. The first-order valence-corrected chi connectivity index (χ1v) is 9.27. The van der Waals surface area contributed by atoms with E-state index in [1.165, 1.54) is 44.3 Å². The van der Waals surface area contributed by atoms with Crippen molar-refractivity contribution in [3.05, 3.63) is 66.7 Å². The van der Waals surface area contributed by atoms with Crippen LogP contribution < -0.4 is 14.4 Å². The molecule has 4 aromatic rings. The van der Waals surface area contributed by atoms with Crippen LogP contribution in [0.2, 0.25) is 0 Å². The van der Waals surface area contributed by atoms with Gasteiger partial charge in [0.15, 0.2) is 0 Å². The molecule has 0 aliphatic rings. The largest absolute Gasteiger partial charge is 0.377 e. The number of nitrogens with zero attached hydrogens (tertiary/aromatic N) is 3. The van der Waals surface area contributed by atoms with Gasteiger partial charge in [-0.3, -0.25) is 0 Å². The Bertz CT molecular complexity index is 1060. The third kappa shape index (κ3) is 2.89. The van der Waals surface area contributed by atoms with E-state index in [1.807, 2.05) is 0 Å². The number of hydrogen-bond acceptors (Lipinski definition) is 2. The number of anilines is 2. The number of pyridine rings is 1. The maximum atomic E-state index is 2.32. The molecule has 0 bridgehead atoms. The van der Waals surface area contributed by atoms with Crippen molar-refractivity contribution in [2.75, 3.05) is 38.0 Å². The van der Waals surface area contributed by atoms with E-state index in [1.54, 1.807) is 0 Å². The Labute approximate surface area is 161 Å². The molecule has 0 fully saturated rings. The molecule has 136 valence electrons. The van der Waals surface area contributed by atoms with Crippen LogP contribution in [0.4, 0.5) is 11.4 Å². The topological polar surface area (TPSA) is 10.4 Å². The number of hydrogen-bond donors (Lipinski definition) is 0. The molecular weight excluding hydrogens is 330 g/mol. The van der Waals surface area contributed by atoms with Crippen molar-refractivity contribution in [3.63, 3.8) is 0 Å².